The van der Waals surface area contributed by atoms with Gasteiger partial charge in [0.2, 0.25) is 0 Å². The molecule has 11 heteroatoms. The van der Waals surface area contributed by atoms with E-state index in [1.165, 1.54) is 13.8 Å². The molecule has 0 fully saturated rings. The predicted octanol–water partition coefficient (Wildman–Crippen LogP) is 8.90. The van der Waals surface area contributed by atoms with E-state index in [9.17, 15) is 48.3 Å². The molecule has 35 heavy (non-hydrogen) atoms. The first-order valence-electron chi connectivity index (χ1n) is 9.83. The molecule has 0 aliphatic rings. The van der Waals surface area contributed by atoms with E-state index in [0.29, 0.717) is 12.1 Å². The minimum Gasteiger partial charge on any atom is -0.204 e. The summed E-state index contributed by atoms with van der Waals surface area (Å²) in [4.78, 5) is 0. The fraction of sp³-hybridized carbons (Fsp3) is 0.250. The van der Waals surface area contributed by atoms with Gasteiger partial charge >= 0.3 is 18.5 Å². The van der Waals surface area contributed by atoms with Crippen LogP contribution in [0, 0.1) is 25.5 Å². The van der Waals surface area contributed by atoms with E-state index in [1.807, 2.05) is 0 Å². The largest absolute Gasteiger partial charge is 0.417 e. The molecule has 3 rings (SSSR count). The quantitative estimate of drug-likeness (QED) is 0.308. The van der Waals surface area contributed by atoms with Crippen LogP contribution in [-0.4, -0.2) is 0 Å². The molecule has 3 aromatic carbocycles. The van der Waals surface area contributed by atoms with Gasteiger partial charge in [-0.1, -0.05) is 17.7 Å². The average Bonchev–Trinajstić information content (AvgIpc) is 2.67. The van der Waals surface area contributed by atoms with Gasteiger partial charge in [-0.05, 0) is 72.9 Å². The number of halogens is 11. The van der Waals surface area contributed by atoms with Gasteiger partial charge in [0.05, 0.1) is 16.7 Å². The first-order valence-corrected chi connectivity index (χ1v) is 9.83. The van der Waals surface area contributed by atoms with Gasteiger partial charge in [0, 0.05) is 5.56 Å². The normalized spacial score (nSPS) is 12.8. The van der Waals surface area contributed by atoms with Crippen molar-refractivity contribution in [3.63, 3.8) is 0 Å². The number of alkyl halides is 9. The van der Waals surface area contributed by atoms with Gasteiger partial charge in [-0.3, -0.25) is 0 Å². The Morgan fingerprint density at radius 1 is 0.571 bits per heavy atom. The van der Waals surface area contributed by atoms with Crippen molar-refractivity contribution >= 4 is 0 Å². The molecule has 0 amide bonds. The van der Waals surface area contributed by atoms with Crippen LogP contribution in [0.1, 0.15) is 38.9 Å². The molecule has 0 N–H and O–H groups in total. The Kier molecular flexibility index (Phi) is 6.69. The first-order chi connectivity index (χ1) is 15.9. The second-order valence-corrected chi connectivity index (χ2v) is 8.04. The summed E-state index contributed by atoms with van der Waals surface area (Å²) in [5.74, 6) is -2.99. The highest BCUT2D eigenvalue weighted by atomic mass is 19.4. The molecule has 0 aliphatic carbocycles. The van der Waals surface area contributed by atoms with E-state index in [1.54, 1.807) is 0 Å². The zero-order valence-electron chi connectivity index (χ0n) is 17.9. The summed E-state index contributed by atoms with van der Waals surface area (Å²) >= 11 is 0. The summed E-state index contributed by atoms with van der Waals surface area (Å²) in [6.45, 7) is 2.63. The molecule has 188 valence electrons. The van der Waals surface area contributed by atoms with Crippen molar-refractivity contribution in [2.45, 2.75) is 38.8 Å². The van der Waals surface area contributed by atoms with Crippen molar-refractivity contribution < 1.29 is 48.3 Å². The van der Waals surface area contributed by atoms with Crippen LogP contribution in [-0.2, 0) is 24.9 Å². The Labute approximate surface area is 192 Å². The summed E-state index contributed by atoms with van der Waals surface area (Å²) in [6.07, 6.45) is -16.6. The van der Waals surface area contributed by atoms with Crippen LogP contribution in [0.25, 0.3) is 11.1 Å². The molecule has 0 heterocycles. The van der Waals surface area contributed by atoms with Gasteiger partial charge in [-0.25, -0.2) is 8.78 Å². The monoisotopic (exact) mass is 512 g/mol. The average molecular weight is 512 g/mol. The second kappa shape index (κ2) is 8.83. The molecule has 0 aromatic heterocycles. The van der Waals surface area contributed by atoms with Crippen LogP contribution in [0.5, 0.6) is 0 Å². The lowest BCUT2D eigenvalue weighted by Crippen LogP contribution is -2.15. The fourth-order valence-electron chi connectivity index (χ4n) is 3.81. The third kappa shape index (κ3) is 5.76. The van der Waals surface area contributed by atoms with E-state index in [4.69, 9.17) is 0 Å². The van der Waals surface area contributed by atoms with E-state index in [-0.39, 0.29) is 17.2 Å². The predicted molar refractivity (Wildman–Crippen MR) is 106 cm³/mol. The van der Waals surface area contributed by atoms with E-state index in [2.05, 4.69) is 0 Å². The standard InChI is InChI=1S/C24H15F11/c1-11-3-14(7-13-8-15(22(27,28)29)10-16(9-13)23(30,31)32)20(24(33,34)35)17(4-11)18-5-12(2)6-19(25)21(18)26/h3-6,8-10H,7H2,1-2H3. The van der Waals surface area contributed by atoms with Crippen molar-refractivity contribution in [1.82, 2.24) is 0 Å². The molecule has 0 spiro atoms. The van der Waals surface area contributed by atoms with Crippen molar-refractivity contribution in [3.8, 4) is 11.1 Å². The number of benzene rings is 3. The molecule has 0 radical (unpaired) electrons. The minimum atomic E-state index is -5.19. The third-order valence-corrected chi connectivity index (χ3v) is 5.15. The molecule has 0 aliphatic heterocycles. The summed E-state index contributed by atoms with van der Waals surface area (Å²) in [6, 6.07) is 4.11. The summed E-state index contributed by atoms with van der Waals surface area (Å²) in [7, 11) is 0. The maximum absolute atomic E-state index is 14.5. The van der Waals surface area contributed by atoms with E-state index >= 15 is 0 Å². The Balaban J connectivity index is 2.30. The topological polar surface area (TPSA) is 0 Å². The van der Waals surface area contributed by atoms with Crippen molar-refractivity contribution in [2.75, 3.05) is 0 Å². The lowest BCUT2D eigenvalue weighted by molar-refractivity contribution is -0.143. The maximum Gasteiger partial charge on any atom is 0.417 e. The molecule has 0 nitrogen and oxygen atoms in total. The fourth-order valence-corrected chi connectivity index (χ4v) is 3.81. The summed E-state index contributed by atoms with van der Waals surface area (Å²) < 4.78 is 150. The second-order valence-electron chi connectivity index (χ2n) is 8.04. The highest BCUT2D eigenvalue weighted by molar-refractivity contribution is 5.72. The molecular weight excluding hydrogens is 497 g/mol. The molecule has 0 saturated heterocycles. The Morgan fingerprint density at radius 2 is 1.06 bits per heavy atom. The first kappa shape index (κ1) is 26.5. The lowest BCUT2D eigenvalue weighted by Gasteiger charge is -2.21. The van der Waals surface area contributed by atoms with Crippen LogP contribution in [0.4, 0.5) is 48.3 Å². The van der Waals surface area contributed by atoms with Gasteiger partial charge in [0.25, 0.3) is 0 Å². The summed E-state index contributed by atoms with van der Waals surface area (Å²) in [5.41, 5.74) is -7.55. The van der Waals surface area contributed by atoms with Crippen LogP contribution >= 0.6 is 0 Å². The third-order valence-electron chi connectivity index (χ3n) is 5.15. The minimum absolute atomic E-state index is 0.0998. The van der Waals surface area contributed by atoms with Crippen LogP contribution in [0.15, 0.2) is 42.5 Å². The van der Waals surface area contributed by atoms with Crippen molar-refractivity contribution in [1.29, 1.82) is 0 Å². The molecular formula is C24H15F11. The number of hydrogen-bond donors (Lipinski definition) is 0. The smallest absolute Gasteiger partial charge is 0.204 e. The maximum atomic E-state index is 14.5. The van der Waals surface area contributed by atoms with Gasteiger partial charge < -0.3 is 0 Å². The highest BCUT2D eigenvalue weighted by Crippen LogP contribution is 2.43. The van der Waals surface area contributed by atoms with Crippen LogP contribution in [0.2, 0.25) is 0 Å². The number of hydrogen-bond acceptors (Lipinski definition) is 0. The number of aryl methyl sites for hydroxylation is 2. The Morgan fingerprint density at radius 3 is 1.54 bits per heavy atom. The van der Waals surface area contributed by atoms with Crippen LogP contribution < -0.4 is 0 Å². The SMILES string of the molecule is Cc1cc(F)c(F)c(-c2cc(C)cc(Cc3cc(C(F)(F)F)cc(C(F)(F)F)c3)c2C(F)(F)F)c1. The van der Waals surface area contributed by atoms with Gasteiger partial charge in [-0.15, -0.1) is 0 Å². The number of rotatable bonds is 3. The van der Waals surface area contributed by atoms with Gasteiger partial charge in [0.15, 0.2) is 11.6 Å². The van der Waals surface area contributed by atoms with Gasteiger partial charge in [0.1, 0.15) is 0 Å². The summed E-state index contributed by atoms with van der Waals surface area (Å²) in [5, 5.41) is 0. The Bertz CT molecular complexity index is 1230. The van der Waals surface area contributed by atoms with E-state index in [0.717, 1.165) is 24.3 Å². The molecule has 0 unspecified atom stereocenters. The molecule has 0 saturated carbocycles. The zero-order chi connectivity index (χ0) is 26.5. The lowest BCUT2D eigenvalue weighted by atomic mass is 9.88. The molecule has 0 bridgehead atoms. The van der Waals surface area contributed by atoms with Crippen molar-refractivity contribution in [3.05, 3.63) is 93.0 Å². The molecule has 0 atom stereocenters. The van der Waals surface area contributed by atoms with Crippen LogP contribution in [0.3, 0.4) is 0 Å². The van der Waals surface area contributed by atoms with Crippen molar-refractivity contribution in [2.24, 2.45) is 0 Å². The zero-order valence-corrected chi connectivity index (χ0v) is 17.9. The molecule has 3 aromatic rings. The Hall–Kier alpha value is -3.11. The highest BCUT2D eigenvalue weighted by Gasteiger charge is 2.39. The van der Waals surface area contributed by atoms with Gasteiger partial charge in [-0.2, -0.15) is 39.5 Å². The van der Waals surface area contributed by atoms with E-state index < -0.39 is 75.5 Å².